The van der Waals surface area contributed by atoms with Crippen molar-refractivity contribution in [2.24, 2.45) is 4.99 Å². The van der Waals surface area contributed by atoms with E-state index >= 15 is 0 Å². The molecule has 0 bridgehead atoms. The number of halogens is 1. The predicted molar refractivity (Wildman–Crippen MR) is 101 cm³/mol. The molecule has 0 saturated carbocycles. The van der Waals surface area contributed by atoms with Crippen molar-refractivity contribution in [1.29, 1.82) is 0 Å². The number of guanidine groups is 1. The van der Waals surface area contributed by atoms with Crippen LogP contribution in [-0.2, 0) is 11.3 Å². The fourth-order valence-corrected chi connectivity index (χ4v) is 3.20. The Labute approximate surface area is 158 Å². The molecule has 3 rings (SSSR count). The van der Waals surface area contributed by atoms with Gasteiger partial charge >= 0.3 is 0 Å². The zero-order valence-electron chi connectivity index (χ0n) is 15.8. The van der Waals surface area contributed by atoms with Gasteiger partial charge in [0.25, 0.3) is 0 Å². The topological polar surface area (TPSA) is 66.1 Å². The number of ether oxygens (including phenoxy) is 1. The molecule has 0 amide bonds. The van der Waals surface area contributed by atoms with E-state index in [2.05, 4.69) is 25.3 Å². The lowest BCUT2D eigenvalue weighted by atomic mass is 10.1. The largest absolute Gasteiger partial charge is 0.375 e. The van der Waals surface area contributed by atoms with Gasteiger partial charge in [-0.25, -0.2) is 4.39 Å². The van der Waals surface area contributed by atoms with Gasteiger partial charge in [-0.3, -0.25) is 9.89 Å². The van der Waals surface area contributed by atoms with Crippen LogP contribution >= 0.6 is 0 Å². The molecule has 7 nitrogen and oxygen atoms in total. The molecule has 0 aliphatic carbocycles. The van der Waals surface area contributed by atoms with Crippen molar-refractivity contribution >= 4 is 5.96 Å². The van der Waals surface area contributed by atoms with Crippen LogP contribution in [-0.4, -0.2) is 67.8 Å². The zero-order chi connectivity index (χ0) is 19.1. The Balaban J connectivity index is 1.49. The fourth-order valence-electron chi connectivity index (χ4n) is 3.20. The molecule has 1 N–H and O–H groups in total. The van der Waals surface area contributed by atoms with Gasteiger partial charge in [0.2, 0.25) is 0 Å². The van der Waals surface area contributed by atoms with Crippen molar-refractivity contribution in [3.63, 3.8) is 0 Å². The lowest BCUT2D eigenvalue weighted by molar-refractivity contribution is 0.104. The lowest BCUT2D eigenvalue weighted by Gasteiger charge is -2.36. The Morgan fingerprint density at radius 2 is 2.00 bits per heavy atom. The number of benzene rings is 1. The maximum atomic E-state index is 13.1. The van der Waals surface area contributed by atoms with Crippen molar-refractivity contribution in [1.82, 2.24) is 20.3 Å². The second kappa shape index (κ2) is 9.48. The molecular weight excluding hydrogens is 349 g/mol. The van der Waals surface area contributed by atoms with E-state index in [1.54, 1.807) is 32.6 Å². The third-order valence-electron chi connectivity index (χ3n) is 4.73. The van der Waals surface area contributed by atoms with Crippen molar-refractivity contribution in [2.75, 3.05) is 46.9 Å². The van der Waals surface area contributed by atoms with E-state index in [1.165, 1.54) is 12.1 Å². The Hall–Kier alpha value is -2.45. The number of nitrogens with one attached hydrogen (secondary N) is 1. The summed E-state index contributed by atoms with van der Waals surface area (Å²) in [5, 5.41) is 7.34. The molecular formula is C19H26FN5O2. The van der Waals surface area contributed by atoms with Crippen LogP contribution in [0.1, 0.15) is 17.4 Å². The quantitative estimate of drug-likeness (QED) is 0.614. The van der Waals surface area contributed by atoms with Crippen molar-refractivity contribution < 1.29 is 13.7 Å². The van der Waals surface area contributed by atoms with Crippen LogP contribution in [0.25, 0.3) is 0 Å². The molecule has 1 unspecified atom stereocenters. The summed E-state index contributed by atoms with van der Waals surface area (Å²) in [7, 11) is 3.44. The number of piperazine rings is 1. The van der Waals surface area contributed by atoms with Gasteiger partial charge in [0.1, 0.15) is 12.1 Å². The van der Waals surface area contributed by atoms with E-state index < -0.39 is 0 Å². The molecule has 8 heteroatoms. The standard InChI is InChI=1S/C19H26FN5O2/c1-21-19(22-13-18(26-2)15-3-5-16(20)6-4-15)25-10-8-24(9-11-25)14-17-7-12-27-23-17/h3-7,12,18H,8-11,13-14H2,1-2H3,(H,21,22). The monoisotopic (exact) mass is 375 g/mol. The van der Waals surface area contributed by atoms with Crippen LogP contribution in [0.3, 0.4) is 0 Å². The van der Waals surface area contributed by atoms with E-state index in [4.69, 9.17) is 9.26 Å². The summed E-state index contributed by atoms with van der Waals surface area (Å²) in [5.74, 6) is 0.598. The first-order chi connectivity index (χ1) is 13.2. The normalized spacial score (nSPS) is 17.1. The molecule has 1 aromatic carbocycles. The molecule has 1 aliphatic rings. The minimum absolute atomic E-state index is 0.171. The maximum absolute atomic E-state index is 13.1. The van der Waals surface area contributed by atoms with E-state index in [-0.39, 0.29) is 11.9 Å². The van der Waals surface area contributed by atoms with Gasteiger partial charge in [0, 0.05) is 59.5 Å². The number of aromatic nitrogens is 1. The van der Waals surface area contributed by atoms with Crippen LogP contribution in [0.15, 0.2) is 46.1 Å². The van der Waals surface area contributed by atoms with Crippen LogP contribution in [0.2, 0.25) is 0 Å². The van der Waals surface area contributed by atoms with Gasteiger partial charge in [0.05, 0.1) is 11.8 Å². The number of rotatable bonds is 6. The fraction of sp³-hybridized carbons (Fsp3) is 0.474. The van der Waals surface area contributed by atoms with E-state index in [0.717, 1.165) is 49.9 Å². The number of methoxy groups -OCH3 is 1. The highest BCUT2D eigenvalue weighted by atomic mass is 19.1. The molecule has 2 heterocycles. The summed E-state index contributed by atoms with van der Waals surface area (Å²) in [6.07, 6.45) is 1.43. The summed E-state index contributed by atoms with van der Waals surface area (Å²) in [5.41, 5.74) is 1.88. The third kappa shape index (κ3) is 5.27. The molecule has 2 aromatic rings. The van der Waals surface area contributed by atoms with Gasteiger partial charge in [-0.1, -0.05) is 17.3 Å². The van der Waals surface area contributed by atoms with Crippen LogP contribution in [0.4, 0.5) is 4.39 Å². The van der Waals surface area contributed by atoms with Gasteiger partial charge in [-0.2, -0.15) is 0 Å². The first kappa shape index (κ1) is 19.3. The number of aliphatic imine (C=N–C) groups is 1. The molecule has 1 aromatic heterocycles. The Morgan fingerprint density at radius 3 is 2.59 bits per heavy atom. The molecule has 1 saturated heterocycles. The first-order valence-electron chi connectivity index (χ1n) is 9.05. The average molecular weight is 375 g/mol. The number of nitrogens with zero attached hydrogens (tertiary/aromatic N) is 4. The highest BCUT2D eigenvalue weighted by molar-refractivity contribution is 5.80. The van der Waals surface area contributed by atoms with Gasteiger partial charge in [0.15, 0.2) is 5.96 Å². The molecule has 0 radical (unpaired) electrons. The predicted octanol–water partition coefficient (Wildman–Crippen LogP) is 1.89. The van der Waals surface area contributed by atoms with Gasteiger partial charge in [-0.05, 0) is 17.7 Å². The first-order valence-corrected chi connectivity index (χ1v) is 9.05. The van der Waals surface area contributed by atoms with Crippen LogP contribution in [0, 0.1) is 5.82 Å². The van der Waals surface area contributed by atoms with Gasteiger partial charge < -0.3 is 19.5 Å². The summed E-state index contributed by atoms with van der Waals surface area (Å²) >= 11 is 0. The zero-order valence-corrected chi connectivity index (χ0v) is 15.8. The highest BCUT2D eigenvalue weighted by Gasteiger charge is 2.21. The Morgan fingerprint density at radius 1 is 1.26 bits per heavy atom. The highest BCUT2D eigenvalue weighted by Crippen LogP contribution is 2.16. The van der Waals surface area contributed by atoms with Crippen molar-refractivity contribution in [3.05, 3.63) is 53.7 Å². The molecule has 1 aliphatic heterocycles. The third-order valence-corrected chi connectivity index (χ3v) is 4.73. The molecule has 27 heavy (non-hydrogen) atoms. The molecule has 146 valence electrons. The van der Waals surface area contributed by atoms with Crippen molar-refractivity contribution in [2.45, 2.75) is 12.6 Å². The molecule has 0 spiro atoms. The minimum atomic E-state index is -0.249. The van der Waals surface area contributed by atoms with E-state index in [0.29, 0.717) is 6.54 Å². The summed E-state index contributed by atoms with van der Waals surface area (Å²) in [6, 6.07) is 8.29. The van der Waals surface area contributed by atoms with Crippen LogP contribution < -0.4 is 5.32 Å². The second-order valence-electron chi connectivity index (χ2n) is 6.46. The van der Waals surface area contributed by atoms with E-state index in [9.17, 15) is 4.39 Å². The molecule has 1 atom stereocenters. The SMILES string of the molecule is CN=C(NCC(OC)c1ccc(F)cc1)N1CCN(Cc2ccon2)CC1. The maximum Gasteiger partial charge on any atom is 0.193 e. The second-order valence-corrected chi connectivity index (χ2v) is 6.46. The Kier molecular flexibility index (Phi) is 6.78. The summed E-state index contributed by atoms with van der Waals surface area (Å²) < 4.78 is 23.6. The van der Waals surface area contributed by atoms with E-state index in [1.807, 2.05) is 6.07 Å². The average Bonchev–Trinajstić information content (AvgIpc) is 3.20. The minimum Gasteiger partial charge on any atom is -0.375 e. The Bertz CT molecular complexity index is 712. The smallest absolute Gasteiger partial charge is 0.193 e. The van der Waals surface area contributed by atoms with Gasteiger partial charge in [-0.15, -0.1) is 0 Å². The number of hydrogen-bond acceptors (Lipinski definition) is 5. The number of hydrogen-bond donors (Lipinski definition) is 1. The lowest BCUT2D eigenvalue weighted by Crippen LogP contribution is -2.52. The summed E-state index contributed by atoms with van der Waals surface area (Å²) in [4.78, 5) is 8.97. The summed E-state index contributed by atoms with van der Waals surface area (Å²) in [6.45, 7) is 4.98. The molecule has 1 fully saturated rings. The van der Waals surface area contributed by atoms with Crippen molar-refractivity contribution in [3.8, 4) is 0 Å². The van der Waals surface area contributed by atoms with Crippen LogP contribution in [0.5, 0.6) is 0 Å².